The second-order valence-corrected chi connectivity index (χ2v) is 17.0. The van der Waals surface area contributed by atoms with Crippen LogP contribution in [0, 0.1) is 0 Å². The molecule has 0 saturated carbocycles. The minimum atomic E-state index is -4.67. The van der Waals surface area contributed by atoms with Crippen LogP contribution in [0.4, 0.5) is 0 Å². The van der Waals surface area contributed by atoms with Gasteiger partial charge < -0.3 is 33.0 Å². The Bertz CT molecular complexity index is 1340. The maximum atomic E-state index is 12.7. The van der Waals surface area contributed by atoms with E-state index < -0.39 is 38.6 Å². The van der Waals surface area contributed by atoms with Gasteiger partial charge in [0.2, 0.25) is 0 Å². The molecule has 0 aliphatic heterocycles. The lowest BCUT2D eigenvalue weighted by Crippen LogP contribution is -2.37. The van der Waals surface area contributed by atoms with Gasteiger partial charge in [-0.2, -0.15) is 0 Å². The molecule has 0 aromatic heterocycles. The van der Waals surface area contributed by atoms with Crippen LogP contribution in [0.2, 0.25) is 0 Å². The molecule has 0 spiro atoms. The number of hydrogen-bond acceptors (Lipinski definition) is 9. The van der Waals surface area contributed by atoms with Crippen LogP contribution in [0.25, 0.3) is 0 Å². The number of nitrogens with zero attached hydrogens (tertiary/aromatic N) is 1. The number of phosphoric acid groups is 1. The highest BCUT2D eigenvalue weighted by molar-refractivity contribution is 7.45. The minimum Gasteiger partial charge on any atom is -0.756 e. The number of carbonyl (C=O) groups is 2. The van der Waals surface area contributed by atoms with Crippen molar-refractivity contribution in [1.82, 2.24) is 0 Å². The Morgan fingerprint density at radius 2 is 1.12 bits per heavy atom. The lowest BCUT2D eigenvalue weighted by atomic mass is 10.1. The Morgan fingerprint density at radius 3 is 1.66 bits per heavy atom. The second kappa shape index (κ2) is 39.1. The summed E-state index contributed by atoms with van der Waals surface area (Å²) in [6.07, 6.45) is 47.6. The number of rotatable bonds is 38. The van der Waals surface area contributed by atoms with E-state index in [-0.39, 0.29) is 26.1 Å². The summed E-state index contributed by atoms with van der Waals surface area (Å²) in [5, 5.41) is 10.0. The summed E-state index contributed by atoms with van der Waals surface area (Å²) in [5.41, 5.74) is 0. The highest BCUT2D eigenvalue weighted by atomic mass is 31.2. The first-order valence-corrected chi connectivity index (χ1v) is 23.5. The number of carbonyl (C=O) groups excluding carboxylic acids is 2. The molecule has 336 valence electrons. The van der Waals surface area contributed by atoms with E-state index in [4.69, 9.17) is 18.5 Å². The Kier molecular flexibility index (Phi) is 37.0. The molecule has 0 saturated heterocycles. The van der Waals surface area contributed by atoms with Crippen LogP contribution in [-0.2, 0) is 32.7 Å². The molecule has 11 heteroatoms. The number of hydrogen-bond donors (Lipinski definition) is 1. The number of aliphatic hydroxyl groups is 1. The lowest BCUT2D eigenvalue weighted by molar-refractivity contribution is -0.870. The van der Waals surface area contributed by atoms with Gasteiger partial charge in [-0.1, -0.05) is 137 Å². The van der Waals surface area contributed by atoms with Gasteiger partial charge in [0.1, 0.15) is 19.8 Å². The normalized spacial score (nSPS) is 15.0. The summed E-state index contributed by atoms with van der Waals surface area (Å²) in [7, 11) is 1.05. The molecule has 3 atom stereocenters. The first-order chi connectivity index (χ1) is 28.4. The van der Waals surface area contributed by atoms with Crippen molar-refractivity contribution in [1.29, 1.82) is 0 Å². The number of ether oxygens (including phenoxy) is 2. The average Bonchev–Trinajstić information content (AvgIpc) is 3.18. The molecule has 0 bridgehead atoms. The number of phosphoric ester groups is 1. The summed E-state index contributed by atoms with van der Waals surface area (Å²) in [4.78, 5) is 37.5. The number of aliphatic hydroxyl groups excluding tert-OH is 1. The first kappa shape index (κ1) is 55.9. The zero-order valence-corrected chi connectivity index (χ0v) is 38.2. The summed E-state index contributed by atoms with van der Waals surface area (Å²) >= 11 is 0. The number of esters is 2. The zero-order valence-electron chi connectivity index (χ0n) is 37.3. The average molecular weight is 846 g/mol. The van der Waals surface area contributed by atoms with Crippen LogP contribution in [0.3, 0.4) is 0 Å². The maximum Gasteiger partial charge on any atom is 0.306 e. The standard InChI is InChI=1S/C48H80NO9P/c1-6-8-10-12-14-15-16-17-18-19-20-21-22-23-28-32-36-40-48(52)58-46(44-57-59(53,54)56-42-41-49(3,4)5)43-55-47(51)39-35-31-27-25-24-26-30-34-38-45(50)37-33-29-13-11-9-7-2/h14-15,17-18,20-21,23,25-30,33-34,38,45-46,50H,6-13,16,19,22,24,31-32,35-37,39-44H2,1-5H3/b15-14-,18-17-,21-20-,27-25-,28-23-,30-26-,33-29-,38-34+/t45-,46-/m1/s1. The van der Waals surface area contributed by atoms with Gasteiger partial charge in [-0.3, -0.25) is 14.2 Å². The van der Waals surface area contributed by atoms with E-state index >= 15 is 0 Å². The highest BCUT2D eigenvalue weighted by Gasteiger charge is 2.21. The van der Waals surface area contributed by atoms with Crippen molar-refractivity contribution in [3.8, 4) is 0 Å². The van der Waals surface area contributed by atoms with Crippen LogP contribution >= 0.6 is 7.82 Å². The van der Waals surface area contributed by atoms with E-state index in [0.717, 1.165) is 38.5 Å². The molecule has 1 N–H and O–H groups in total. The largest absolute Gasteiger partial charge is 0.756 e. The van der Waals surface area contributed by atoms with Crippen molar-refractivity contribution in [2.45, 2.75) is 148 Å². The second-order valence-electron chi connectivity index (χ2n) is 15.5. The van der Waals surface area contributed by atoms with Crippen molar-refractivity contribution in [2.24, 2.45) is 0 Å². The van der Waals surface area contributed by atoms with Crippen LogP contribution in [0.5, 0.6) is 0 Å². The molecule has 0 aliphatic carbocycles. The molecule has 0 radical (unpaired) electrons. The smallest absolute Gasteiger partial charge is 0.306 e. The van der Waals surface area contributed by atoms with Gasteiger partial charge in [0.05, 0.1) is 33.9 Å². The minimum absolute atomic E-state index is 0.0650. The van der Waals surface area contributed by atoms with Crippen LogP contribution in [0.15, 0.2) is 97.2 Å². The predicted molar refractivity (Wildman–Crippen MR) is 241 cm³/mol. The van der Waals surface area contributed by atoms with Crippen LogP contribution in [0.1, 0.15) is 136 Å². The fourth-order valence-electron chi connectivity index (χ4n) is 5.13. The van der Waals surface area contributed by atoms with Crippen molar-refractivity contribution >= 4 is 19.8 Å². The van der Waals surface area contributed by atoms with Crippen LogP contribution in [-0.4, -0.2) is 81.2 Å². The van der Waals surface area contributed by atoms with E-state index in [1.165, 1.54) is 38.5 Å². The summed E-state index contributed by atoms with van der Waals surface area (Å²) in [5.74, 6) is -1.02. The SMILES string of the molecule is CCCCC/C=C\C/C=C\C/C=C\C/C=C\CCCC(=O)O[C@H](COC(=O)CCC/C=C\C/C=C\C=C\[C@H](O)C/C=C\CCCCC)COP(=O)([O-])OCC[N+](C)(C)C. The fraction of sp³-hybridized carbons (Fsp3) is 0.625. The molecular formula is C48H80NO9P. The van der Waals surface area contributed by atoms with E-state index in [1.807, 2.05) is 63.7 Å². The van der Waals surface area contributed by atoms with Crippen LogP contribution < -0.4 is 4.89 Å². The van der Waals surface area contributed by atoms with Gasteiger partial charge in [0.25, 0.3) is 7.82 Å². The number of likely N-dealkylation sites (N-methyl/N-ethyl adjacent to an activating group) is 1. The van der Waals surface area contributed by atoms with Gasteiger partial charge in [-0.05, 0) is 83.5 Å². The molecule has 10 nitrogen and oxygen atoms in total. The molecule has 0 amide bonds. The van der Waals surface area contributed by atoms with Gasteiger partial charge in [0.15, 0.2) is 6.10 Å². The summed E-state index contributed by atoms with van der Waals surface area (Å²) < 4.78 is 33.7. The fourth-order valence-corrected chi connectivity index (χ4v) is 5.86. The Hall–Kier alpha value is -3.11. The summed E-state index contributed by atoms with van der Waals surface area (Å²) in [6, 6.07) is 0. The number of unbranched alkanes of at least 4 members (excludes halogenated alkanes) is 8. The number of quaternary nitrogens is 1. The Balaban J connectivity index is 4.64. The maximum absolute atomic E-state index is 12.7. The lowest BCUT2D eigenvalue weighted by Gasteiger charge is -2.28. The van der Waals surface area contributed by atoms with Crippen molar-refractivity contribution < 1.29 is 47.2 Å². The molecule has 0 heterocycles. The first-order valence-electron chi connectivity index (χ1n) is 22.1. The molecule has 0 rings (SSSR count). The molecule has 1 unspecified atom stereocenters. The third kappa shape index (κ3) is 42.8. The number of allylic oxidation sites excluding steroid dienone is 14. The van der Waals surface area contributed by atoms with Crippen molar-refractivity contribution in [3.05, 3.63) is 97.2 Å². The molecular weight excluding hydrogens is 766 g/mol. The van der Waals surface area contributed by atoms with Gasteiger partial charge in [0, 0.05) is 12.8 Å². The van der Waals surface area contributed by atoms with E-state index in [1.54, 1.807) is 6.08 Å². The summed E-state index contributed by atoms with van der Waals surface area (Å²) in [6.45, 7) is 3.92. The van der Waals surface area contributed by atoms with Gasteiger partial charge in [-0.15, -0.1) is 0 Å². The Morgan fingerprint density at radius 1 is 0.627 bits per heavy atom. The van der Waals surface area contributed by atoms with Gasteiger partial charge in [-0.25, -0.2) is 0 Å². The van der Waals surface area contributed by atoms with E-state index in [9.17, 15) is 24.2 Å². The molecule has 0 aromatic carbocycles. The zero-order chi connectivity index (χ0) is 43.7. The van der Waals surface area contributed by atoms with Crippen molar-refractivity contribution in [2.75, 3.05) is 47.5 Å². The Labute approximate surface area is 358 Å². The third-order valence-electron chi connectivity index (χ3n) is 8.66. The van der Waals surface area contributed by atoms with E-state index in [0.29, 0.717) is 43.1 Å². The topological polar surface area (TPSA) is 131 Å². The van der Waals surface area contributed by atoms with Crippen molar-refractivity contribution in [3.63, 3.8) is 0 Å². The monoisotopic (exact) mass is 846 g/mol. The molecule has 0 aromatic rings. The molecule has 59 heavy (non-hydrogen) atoms. The quantitative estimate of drug-likeness (QED) is 0.0161. The van der Waals surface area contributed by atoms with E-state index in [2.05, 4.69) is 62.5 Å². The molecule has 0 aliphatic rings. The third-order valence-corrected chi connectivity index (χ3v) is 9.62. The van der Waals surface area contributed by atoms with Gasteiger partial charge >= 0.3 is 11.9 Å². The predicted octanol–water partition coefficient (Wildman–Crippen LogP) is 10.9. The highest BCUT2D eigenvalue weighted by Crippen LogP contribution is 2.38. The molecule has 0 fully saturated rings.